The average molecular weight is 276 g/mol. The van der Waals surface area contributed by atoms with Crippen LogP contribution in [0.25, 0.3) is 0 Å². The Balaban J connectivity index is 1.71. The molecule has 20 heavy (non-hydrogen) atoms. The van der Waals surface area contributed by atoms with Crippen LogP contribution < -0.4 is 10.9 Å². The van der Waals surface area contributed by atoms with Gasteiger partial charge in [0.15, 0.2) is 0 Å². The van der Waals surface area contributed by atoms with Crippen LogP contribution >= 0.6 is 0 Å². The zero-order valence-corrected chi connectivity index (χ0v) is 11.5. The van der Waals surface area contributed by atoms with Crippen molar-refractivity contribution in [3.8, 4) is 0 Å². The van der Waals surface area contributed by atoms with E-state index in [1.165, 1.54) is 25.2 Å². The molecule has 3 rings (SSSR count). The molecule has 0 radical (unpaired) electrons. The molecule has 0 spiro atoms. The molecule has 1 aromatic heterocycles. The third-order valence-electron chi connectivity index (χ3n) is 3.99. The highest BCUT2D eigenvalue weighted by molar-refractivity contribution is 5.92. The molecule has 1 saturated heterocycles. The van der Waals surface area contributed by atoms with E-state index in [1.54, 1.807) is 0 Å². The Hall–Kier alpha value is -1.69. The number of aromatic nitrogens is 2. The number of hydrogen-bond donors (Lipinski definition) is 2. The number of nitrogens with zero attached hydrogens (tertiary/aromatic N) is 2. The van der Waals surface area contributed by atoms with Gasteiger partial charge in [-0.15, -0.1) is 0 Å². The lowest BCUT2D eigenvalue weighted by Gasteiger charge is -2.30. The van der Waals surface area contributed by atoms with Gasteiger partial charge in [0.05, 0.1) is 6.20 Å². The number of hydrogen-bond acceptors (Lipinski definition) is 4. The quantitative estimate of drug-likeness (QED) is 0.833. The number of piperidine rings is 1. The van der Waals surface area contributed by atoms with Crippen LogP contribution in [0.2, 0.25) is 0 Å². The summed E-state index contributed by atoms with van der Waals surface area (Å²) in [5.41, 5.74) is 0.0521. The summed E-state index contributed by atoms with van der Waals surface area (Å²) >= 11 is 0. The van der Waals surface area contributed by atoms with Crippen LogP contribution in [0, 0.1) is 5.92 Å². The number of carbonyl (C=O) groups is 1. The van der Waals surface area contributed by atoms with Crippen LogP contribution in [0.1, 0.15) is 36.2 Å². The van der Waals surface area contributed by atoms with E-state index in [0.29, 0.717) is 17.7 Å². The van der Waals surface area contributed by atoms with Crippen molar-refractivity contribution >= 4 is 5.91 Å². The summed E-state index contributed by atoms with van der Waals surface area (Å²) in [5, 5.41) is 3.38. The van der Waals surface area contributed by atoms with Crippen LogP contribution in [-0.2, 0) is 0 Å². The van der Waals surface area contributed by atoms with Crippen molar-refractivity contribution in [3.63, 3.8) is 0 Å². The third kappa shape index (κ3) is 3.07. The minimum Gasteiger partial charge on any atom is -0.334 e. The summed E-state index contributed by atoms with van der Waals surface area (Å²) < 4.78 is 0. The summed E-state index contributed by atoms with van der Waals surface area (Å²) in [6.45, 7) is 2.85. The van der Waals surface area contributed by atoms with E-state index >= 15 is 0 Å². The van der Waals surface area contributed by atoms with Crippen LogP contribution in [0.5, 0.6) is 0 Å². The maximum Gasteiger partial charge on any atom is 0.274 e. The van der Waals surface area contributed by atoms with Gasteiger partial charge in [0, 0.05) is 18.8 Å². The van der Waals surface area contributed by atoms with Crippen LogP contribution in [-0.4, -0.2) is 46.5 Å². The third-order valence-corrected chi connectivity index (χ3v) is 3.99. The summed E-state index contributed by atoms with van der Waals surface area (Å²) in [4.78, 5) is 32.0. The lowest BCUT2D eigenvalue weighted by molar-refractivity contribution is 0.0697. The Labute approximate surface area is 117 Å². The molecule has 6 heteroatoms. The summed E-state index contributed by atoms with van der Waals surface area (Å²) in [7, 11) is 0. The molecule has 1 aliphatic heterocycles. The highest BCUT2D eigenvalue weighted by atomic mass is 16.2. The minimum atomic E-state index is -0.281. The number of rotatable bonds is 4. The van der Waals surface area contributed by atoms with Gasteiger partial charge in [0.1, 0.15) is 5.69 Å². The summed E-state index contributed by atoms with van der Waals surface area (Å²) in [6.07, 6.45) is 7.08. The SMILES string of the molecule is O=C(c1c[nH]c(=O)cn1)N(CC1CCCNC1)C1CC1. The van der Waals surface area contributed by atoms with Crippen molar-refractivity contribution in [3.05, 3.63) is 28.4 Å². The highest BCUT2D eigenvalue weighted by Crippen LogP contribution is 2.29. The standard InChI is InChI=1S/C14H20N4O2/c19-13-8-16-12(7-17-13)14(20)18(11-3-4-11)9-10-2-1-5-15-6-10/h7-8,10-11,15H,1-6,9H2,(H,17,19). The van der Waals surface area contributed by atoms with Gasteiger partial charge >= 0.3 is 0 Å². The molecule has 1 saturated carbocycles. The minimum absolute atomic E-state index is 0.0608. The predicted octanol–water partition coefficient (Wildman–Crippen LogP) is 0.374. The van der Waals surface area contributed by atoms with Gasteiger partial charge in [-0.25, -0.2) is 4.98 Å². The first-order chi connectivity index (χ1) is 9.74. The van der Waals surface area contributed by atoms with E-state index in [4.69, 9.17) is 0 Å². The zero-order valence-electron chi connectivity index (χ0n) is 11.5. The van der Waals surface area contributed by atoms with Crippen molar-refractivity contribution < 1.29 is 4.79 Å². The average Bonchev–Trinajstić information content (AvgIpc) is 3.30. The van der Waals surface area contributed by atoms with Gasteiger partial charge in [-0.1, -0.05) is 0 Å². The Morgan fingerprint density at radius 1 is 1.40 bits per heavy atom. The molecule has 6 nitrogen and oxygen atoms in total. The van der Waals surface area contributed by atoms with E-state index in [1.807, 2.05) is 4.90 Å². The molecule has 0 aromatic carbocycles. The second-order valence-electron chi connectivity index (χ2n) is 5.70. The molecular weight excluding hydrogens is 256 g/mol. The Morgan fingerprint density at radius 3 is 2.85 bits per heavy atom. The molecule has 108 valence electrons. The summed E-state index contributed by atoms with van der Waals surface area (Å²) in [5.74, 6) is 0.463. The first-order valence-corrected chi connectivity index (χ1v) is 7.30. The molecule has 1 aliphatic carbocycles. The fraction of sp³-hybridized carbons (Fsp3) is 0.643. The van der Waals surface area contributed by atoms with E-state index in [2.05, 4.69) is 15.3 Å². The van der Waals surface area contributed by atoms with E-state index in [-0.39, 0.29) is 11.5 Å². The number of amides is 1. The van der Waals surface area contributed by atoms with Crippen molar-refractivity contribution in [2.45, 2.75) is 31.7 Å². The molecule has 1 atom stereocenters. The van der Waals surface area contributed by atoms with Crippen LogP contribution in [0.4, 0.5) is 0 Å². The van der Waals surface area contributed by atoms with Gasteiger partial charge in [-0.3, -0.25) is 9.59 Å². The largest absolute Gasteiger partial charge is 0.334 e. The molecule has 1 unspecified atom stereocenters. The van der Waals surface area contributed by atoms with Crippen LogP contribution in [0.3, 0.4) is 0 Å². The van der Waals surface area contributed by atoms with Gasteiger partial charge in [-0.2, -0.15) is 0 Å². The molecule has 1 aromatic rings. The fourth-order valence-electron chi connectivity index (χ4n) is 2.75. The number of aromatic amines is 1. The highest BCUT2D eigenvalue weighted by Gasteiger charge is 2.35. The van der Waals surface area contributed by atoms with E-state index in [9.17, 15) is 9.59 Å². The predicted molar refractivity (Wildman–Crippen MR) is 74.5 cm³/mol. The van der Waals surface area contributed by atoms with Crippen molar-refractivity contribution in [1.29, 1.82) is 0 Å². The first-order valence-electron chi connectivity index (χ1n) is 7.30. The number of H-pyrrole nitrogens is 1. The normalized spacial score (nSPS) is 22.5. The maximum absolute atomic E-state index is 12.5. The first kappa shape index (κ1) is 13.3. The topological polar surface area (TPSA) is 78.1 Å². The molecule has 2 aliphatic rings. The maximum atomic E-state index is 12.5. The fourth-order valence-corrected chi connectivity index (χ4v) is 2.75. The Morgan fingerprint density at radius 2 is 2.25 bits per heavy atom. The second kappa shape index (κ2) is 5.75. The molecule has 2 fully saturated rings. The molecule has 1 amide bonds. The number of nitrogens with one attached hydrogen (secondary N) is 2. The van der Waals surface area contributed by atoms with Crippen molar-refractivity contribution in [2.24, 2.45) is 5.92 Å². The van der Waals surface area contributed by atoms with Crippen LogP contribution in [0.15, 0.2) is 17.2 Å². The monoisotopic (exact) mass is 276 g/mol. The second-order valence-corrected chi connectivity index (χ2v) is 5.70. The molecule has 2 N–H and O–H groups in total. The zero-order chi connectivity index (χ0) is 13.9. The van der Waals surface area contributed by atoms with E-state index in [0.717, 1.165) is 32.5 Å². The Bertz CT molecular complexity index is 512. The van der Waals surface area contributed by atoms with Crippen molar-refractivity contribution in [2.75, 3.05) is 19.6 Å². The smallest absolute Gasteiger partial charge is 0.274 e. The molecule has 2 heterocycles. The van der Waals surface area contributed by atoms with Gasteiger partial charge in [-0.05, 0) is 44.7 Å². The number of carbonyl (C=O) groups excluding carboxylic acids is 1. The van der Waals surface area contributed by atoms with Gasteiger partial charge in [0.25, 0.3) is 11.5 Å². The van der Waals surface area contributed by atoms with Crippen molar-refractivity contribution in [1.82, 2.24) is 20.2 Å². The molecular formula is C14H20N4O2. The van der Waals surface area contributed by atoms with Gasteiger partial charge < -0.3 is 15.2 Å². The van der Waals surface area contributed by atoms with Gasteiger partial charge in [0.2, 0.25) is 0 Å². The lowest BCUT2D eigenvalue weighted by atomic mass is 9.99. The summed E-state index contributed by atoms with van der Waals surface area (Å²) in [6, 6.07) is 0.359. The Kier molecular flexibility index (Phi) is 3.82. The molecule has 0 bridgehead atoms. The lowest BCUT2D eigenvalue weighted by Crippen LogP contribution is -2.42. The van der Waals surface area contributed by atoms with E-state index < -0.39 is 0 Å².